The first-order valence-corrected chi connectivity index (χ1v) is 12.5. The van der Waals surface area contributed by atoms with E-state index in [1.165, 1.54) is 32.6 Å². The van der Waals surface area contributed by atoms with Gasteiger partial charge in [-0.1, -0.05) is 72.3 Å². The van der Waals surface area contributed by atoms with E-state index in [9.17, 15) is 13.0 Å². The molecule has 0 atom stereocenters. The van der Waals surface area contributed by atoms with Gasteiger partial charge in [-0.05, 0) is 35.7 Å². The lowest BCUT2D eigenvalue weighted by Gasteiger charge is -2.18. The molecule has 6 nitrogen and oxygen atoms in total. The lowest BCUT2D eigenvalue weighted by molar-refractivity contribution is 0.288. The first kappa shape index (κ1) is 23.0. The first-order valence-electron chi connectivity index (χ1n) is 9.46. The van der Waals surface area contributed by atoms with Crippen molar-refractivity contribution < 1.29 is 22.0 Å². The van der Waals surface area contributed by atoms with Crippen molar-refractivity contribution in [2.24, 2.45) is 0 Å². The molecule has 0 radical (unpaired) electrons. The quantitative estimate of drug-likeness (QED) is 0.457. The van der Waals surface area contributed by atoms with Gasteiger partial charge < -0.3 is 9.05 Å². The third kappa shape index (κ3) is 5.32. The summed E-state index contributed by atoms with van der Waals surface area (Å²) in [7, 11) is -5.11. The highest BCUT2D eigenvalue weighted by atomic mass is 32.2. The zero-order chi connectivity index (χ0) is 22.5. The van der Waals surface area contributed by atoms with E-state index in [1.807, 2.05) is 49.4 Å². The van der Waals surface area contributed by atoms with Crippen LogP contribution in [-0.2, 0) is 23.6 Å². The van der Waals surface area contributed by atoms with E-state index in [4.69, 9.17) is 9.05 Å². The van der Waals surface area contributed by atoms with Gasteiger partial charge in [0.25, 0.3) is 10.0 Å². The summed E-state index contributed by atoms with van der Waals surface area (Å²) in [4.78, 5) is 0.0952. The Kier molecular flexibility index (Phi) is 7.13. The summed E-state index contributed by atoms with van der Waals surface area (Å²) in [5.74, 6) is 0. The number of sulfonamides is 1. The summed E-state index contributed by atoms with van der Waals surface area (Å²) in [5.41, 5.74) is 3.45. The Morgan fingerprint density at radius 3 is 1.94 bits per heavy atom. The minimum absolute atomic E-state index is 0.0952. The third-order valence-corrected chi connectivity index (χ3v) is 8.01. The molecule has 0 heterocycles. The molecule has 0 unspecified atom stereocenters. The molecule has 0 fully saturated rings. The molecule has 162 valence electrons. The van der Waals surface area contributed by atoms with Crippen LogP contribution in [0.25, 0.3) is 16.4 Å². The van der Waals surface area contributed by atoms with E-state index in [-0.39, 0.29) is 10.2 Å². The van der Waals surface area contributed by atoms with Crippen LogP contribution in [0.3, 0.4) is 0 Å². The minimum atomic E-state index is -3.87. The summed E-state index contributed by atoms with van der Waals surface area (Å²) in [5, 5.41) is 0.104. The molecule has 0 amide bonds. The van der Waals surface area contributed by atoms with Crippen molar-refractivity contribution in [3.8, 4) is 11.1 Å². The maximum absolute atomic E-state index is 13.2. The van der Waals surface area contributed by atoms with Gasteiger partial charge in [-0.15, -0.1) is 0 Å². The molecular weight excluding hydrogens is 433 g/mol. The van der Waals surface area contributed by atoms with Crippen LogP contribution in [-0.4, -0.2) is 22.6 Å². The number of aryl methyl sites for hydroxylation is 1. The van der Waals surface area contributed by atoms with Gasteiger partial charge >= 0.3 is 7.60 Å². The van der Waals surface area contributed by atoms with E-state index >= 15 is 0 Å². The summed E-state index contributed by atoms with van der Waals surface area (Å²) in [6.45, 7) is 1.87. The number of hydrogen-bond donors (Lipinski definition) is 1. The van der Waals surface area contributed by atoms with E-state index in [0.717, 1.165) is 16.7 Å². The molecule has 0 aliphatic carbocycles. The van der Waals surface area contributed by atoms with Crippen LogP contribution >= 0.6 is 7.60 Å². The van der Waals surface area contributed by atoms with Gasteiger partial charge in [-0.2, -0.15) is 0 Å². The van der Waals surface area contributed by atoms with Gasteiger partial charge in [0.1, 0.15) is 0 Å². The van der Waals surface area contributed by atoms with Crippen LogP contribution in [0.5, 0.6) is 0 Å². The van der Waals surface area contributed by atoms with Crippen LogP contribution in [0.2, 0.25) is 0 Å². The zero-order valence-electron chi connectivity index (χ0n) is 17.5. The van der Waals surface area contributed by atoms with Crippen molar-refractivity contribution in [3.63, 3.8) is 0 Å². The zero-order valence-corrected chi connectivity index (χ0v) is 19.2. The minimum Gasteiger partial charge on any atom is -0.309 e. The Morgan fingerprint density at radius 2 is 1.39 bits per heavy atom. The summed E-state index contributed by atoms with van der Waals surface area (Å²) in [6, 6.07) is 23.4. The maximum atomic E-state index is 13.2. The summed E-state index contributed by atoms with van der Waals surface area (Å²) < 4.78 is 51.2. The van der Waals surface area contributed by atoms with Crippen LogP contribution in [0.1, 0.15) is 11.1 Å². The molecule has 0 aliphatic heterocycles. The van der Waals surface area contributed by atoms with E-state index in [2.05, 4.69) is 4.72 Å². The largest absolute Gasteiger partial charge is 0.362 e. The average molecular weight is 457 g/mol. The molecule has 0 bridgehead atoms. The van der Waals surface area contributed by atoms with Crippen LogP contribution in [0.15, 0.2) is 90.0 Å². The van der Waals surface area contributed by atoms with Crippen molar-refractivity contribution in [1.29, 1.82) is 0 Å². The molecule has 1 N–H and O–H groups in total. The predicted octanol–water partition coefficient (Wildman–Crippen LogP) is 5.42. The molecule has 3 rings (SSSR count). The summed E-state index contributed by atoms with van der Waals surface area (Å²) >= 11 is 0. The standard InChI is InChI=1S/C23H24NO5PS/c1-18-9-15-22(16-10-18)31(26,27)24-17-23(30(25,28-2)29-3)21-13-11-20(12-14-21)19-7-5-4-6-8-19/h4-17,24H,1-3H3/b23-17-. The van der Waals surface area contributed by atoms with Crippen LogP contribution in [0, 0.1) is 6.92 Å². The molecule has 31 heavy (non-hydrogen) atoms. The Bertz CT molecular complexity index is 1200. The monoisotopic (exact) mass is 457 g/mol. The topological polar surface area (TPSA) is 81.7 Å². The normalized spacial score (nSPS) is 12.5. The van der Waals surface area contributed by atoms with Crippen molar-refractivity contribution >= 4 is 22.9 Å². The second-order valence-corrected chi connectivity index (χ2v) is 10.7. The molecule has 0 aliphatic rings. The Hall–Kier alpha value is -2.70. The smallest absolute Gasteiger partial charge is 0.309 e. The maximum Gasteiger partial charge on any atom is 0.362 e. The molecular formula is C23H24NO5PS. The molecule has 0 saturated carbocycles. The number of benzene rings is 3. The lowest BCUT2D eigenvalue weighted by atomic mass is 10.0. The Balaban J connectivity index is 1.99. The van der Waals surface area contributed by atoms with E-state index < -0.39 is 17.6 Å². The highest BCUT2D eigenvalue weighted by Gasteiger charge is 2.30. The second kappa shape index (κ2) is 9.62. The molecule has 0 aromatic heterocycles. The molecule has 0 saturated heterocycles. The first-order chi connectivity index (χ1) is 14.8. The van der Waals surface area contributed by atoms with Gasteiger partial charge in [0, 0.05) is 20.4 Å². The highest BCUT2D eigenvalue weighted by molar-refractivity contribution is 7.89. The van der Waals surface area contributed by atoms with Crippen LogP contribution in [0.4, 0.5) is 0 Å². The van der Waals surface area contributed by atoms with Crippen molar-refractivity contribution in [1.82, 2.24) is 4.72 Å². The second-order valence-electron chi connectivity index (χ2n) is 6.77. The third-order valence-electron chi connectivity index (χ3n) is 4.75. The predicted molar refractivity (Wildman–Crippen MR) is 123 cm³/mol. The van der Waals surface area contributed by atoms with Gasteiger partial charge in [-0.25, -0.2) is 8.42 Å². The molecule has 3 aromatic rings. The fourth-order valence-electron chi connectivity index (χ4n) is 2.97. The number of hydrogen-bond acceptors (Lipinski definition) is 5. The fraction of sp³-hybridized carbons (Fsp3) is 0.130. The number of nitrogens with one attached hydrogen (secondary N) is 1. The molecule has 8 heteroatoms. The lowest BCUT2D eigenvalue weighted by Crippen LogP contribution is -2.18. The SMILES string of the molecule is COP(=O)(OC)/C(=C\NS(=O)(=O)c1ccc(C)cc1)c1ccc(-c2ccccc2)cc1. The van der Waals surface area contributed by atoms with Crippen molar-refractivity contribution in [2.45, 2.75) is 11.8 Å². The van der Waals surface area contributed by atoms with Gasteiger partial charge in [0.05, 0.1) is 10.2 Å². The van der Waals surface area contributed by atoms with E-state index in [1.54, 1.807) is 24.3 Å². The Morgan fingerprint density at radius 1 is 0.839 bits per heavy atom. The Labute approximate surface area is 183 Å². The van der Waals surface area contributed by atoms with Crippen molar-refractivity contribution in [3.05, 3.63) is 96.2 Å². The van der Waals surface area contributed by atoms with Gasteiger partial charge in [0.2, 0.25) is 0 Å². The van der Waals surface area contributed by atoms with Crippen LogP contribution < -0.4 is 4.72 Å². The number of rotatable bonds is 8. The van der Waals surface area contributed by atoms with E-state index in [0.29, 0.717) is 5.56 Å². The van der Waals surface area contributed by atoms with Gasteiger partial charge in [-0.3, -0.25) is 9.29 Å². The average Bonchev–Trinajstić information content (AvgIpc) is 2.80. The molecule has 3 aromatic carbocycles. The molecule has 0 spiro atoms. The highest BCUT2D eigenvalue weighted by Crippen LogP contribution is 2.59. The van der Waals surface area contributed by atoms with Gasteiger partial charge in [0.15, 0.2) is 0 Å². The summed E-state index contributed by atoms with van der Waals surface area (Å²) in [6.07, 6.45) is 1.17. The fourth-order valence-corrected chi connectivity index (χ4v) is 5.20. The van der Waals surface area contributed by atoms with Crippen molar-refractivity contribution in [2.75, 3.05) is 14.2 Å².